The molecule has 0 bridgehead atoms. The maximum absolute atomic E-state index is 10.2. The van der Waals surface area contributed by atoms with Gasteiger partial charge < -0.3 is 4.90 Å². The molecule has 2 nitrogen and oxygen atoms in total. The summed E-state index contributed by atoms with van der Waals surface area (Å²) >= 11 is 0. The van der Waals surface area contributed by atoms with Gasteiger partial charge in [-0.25, -0.2) is 0 Å². The summed E-state index contributed by atoms with van der Waals surface area (Å²) in [4.78, 5) is 12.5. The fourth-order valence-corrected chi connectivity index (χ4v) is 2.22. The lowest BCUT2D eigenvalue weighted by Crippen LogP contribution is -2.12. The predicted octanol–water partition coefficient (Wildman–Crippen LogP) is 3.49. The Bertz CT molecular complexity index is 563. The van der Waals surface area contributed by atoms with Crippen LogP contribution in [0.3, 0.4) is 0 Å². The third-order valence-corrected chi connectivity index (χ3v) is 3.43. The summed E-state index contributed by atoms with van der Waals surface area (Å²) in [7, 11) is 2.14. The minimum Gasteiger partial charge on any atom is -0.374 e. The number of nitrogens with zero attached hydrogens (tertiary/aromatic N) is 1. The minimum absolute atomic E-state index is 0.775. The van der Waals surface area contributed by atoms with E-state index in [9.17, 15) is 4.79 Å². The molecule has 1 aliphatic rings. The van der Waals surface area contributed by atoms with Gasteiger partial charge in [-0.1, -0.05) is 42.5 Å². The van der Waals surface area contributed by atoms with E-state index in [1.807, 2.05) is 31.2 Å². The van der Waals surface area contributed by atoms with E-state index in [1.165, 1.54) is 24.2 Å². The number of carbonyl (C=O) groups is 1. The van der Waals surface area contributed by atoms with Gasteiger partial charge in [0.2, 0.25) is 0 Å². The Labute approximate surface area is 114 Å². The first-order valence-electron chi connectivity index (χ1n) is 6.52. The zero-order valence-electron chi connectivity index (χ0n) is 11.5. The Kier molecular flexibility index (Phi) is 4.35. The number of aldehydes is 1. The molecular weight excluding hydrogens is 234 g/mol. The highest BCUT2D eigenvalue weighted by Crippen LogP contribution is 2.25. The Balaban J connectivity index is 0.000000141. The van der Waals surface area contributed by atoms with Crippen LogP contribution in [0.4, 0.5) is 5.69 Å². The van der Waals surface area contributed by atoms with E-state index in [-0.39, 0.29) is 0 Å². The van der Waals surface area contributed by atoms with Gasteiger partial charge in [0, 0.05) is 24.8 Å². The lowest BCUT2D eigenvalue weighted by atomic mass is 10.1. The SMILES string of the molecule is CN1CCc2ccccc21.Cc1ccccc1C=O. The average molecular weight is 253 g/mol. The van der Waals surface area contributed by atoms with Gasteiger partial charge in [0.25, 0.3) is 0 Å². The first kappa shape index (κ1) is 13.3. The van der Waals surface area contributed by atoms with Gasteiger partial charge in [-0.15, -0.1) is 0 Å². The highest BCUT2D eigenvalue weighted by Gasteiger charge is 2.12. The molecule has 0 saturated carbocycles. The number of para-hydroxylation sites is 1. The maximum Gasteiger partial charge on any atom is 0.150 e. The molecule has 2 heteroatoms. The van der Waals surface area contributed by atoms with Crippen LogP contribution < -0.4 is 4.90 Å². The molecule has 0 spiro atoms. The molecule has 3 rings (SSSR count). The smallest absolute Gasteiger partial charge is 0.150 e. The van der Waals surface area contributed by atoms with Crippen molar-refractivity contribution in [2.75, 3.05) is 18.5 Å². The Hall–Kier alpha value is -2.09. The van der Waals surface area contributed by atoms with Crippen molar-refractivity contribution in [3.05, 3.63) is 65.2 Å². The molecule has 1 heterocycles. The second-order valence-electron chi connectivity index (χ2n) is 4.77. The fourth-order valence-electron chi connectivity index (χ4n) is 2.22. The van der Waals surface area contributed by atoms with Crippen LogP contribution in [0.1, 0.15) is 21.5 Å². The number of anilines is 1. The van der Waals surface area contributed by atoms with Gasteiger partial charge in [-0.2, -0.15) is 0 Å². The summed E-state index contributed by atoms with van der Waals surface area (Å²) in [6.45, 7) is 3.10. The van der Waals surface area contributed by atoms with Crippen molar-refractivity contribution in [3.8, 4) is 0 Å². The van der Waals surface area contributed by atoms with Crippen molar-refractivity contribution in [2.45, 2.75) is 13.3 Å². The van der Waals surface area contributed by atoms with Gasteiger partial charge in [-0.3, -0.25) is 4.79 Å². The van der Waals surface area contributed by atoms with Crippen LogP contribution in [0.15, 0.2) is 48.5 Å². The molecule has 0 unspecified atom stereocenters. The second-order valence-corrected chi connectivity index (χ2v) is 4.77. The molecule has 1 aliphatic heterocycles. The molecule has 19 heavy (non-hydrogen) atoms. The summed E-state index contributed by atoms with van der Waals surface area (Å²) < 4.78 is 0. The molecule has 2 aromatic rings. The number of hydrogen-bond donors (Lipinski definition) is 0. The summed E-state index contributed by atoms with van der Waals surface area (Å²) in [6, 6.07) is 16.1. The summed E-state index contributed by atoms with van der Waals surface area (Å²) in [5, 5.41) is 0. The Morgan fingerprint density at radius 1 is 1.05 bits per heavy atom. The number of carbonyl (C=O) groups excluding carboxylic acids is 1. The first-order valence-corrected chi connectivity index (χ1v) is 6.52. The number of aryl methyl sites for hydroxylation is 1. The van der Waals surface area contributed by atoms with Crippen LogP contribution in [0.2, 0.25) is 0 Å². The van der Waals surface area contributed by atoms with Crippen molar-refractivity contribution >= 4 is 12.0 Å². The van der Waals surface area contributed by atoms with Crippen molar-refractivity contribution in [2.24, 2.45) is 0 Å². The topological polar surface area (TPSA) is 20.3 Å². The van der Waals surface area contributed by atoms with E-state index in [2.05, 4.69) is 36.2 Å². The van der Waals surface area contributed by atoms with Gasteiger partial charge in [-0.05, 0) is 30.5 Å². The van der Waals surface area contributed by atoms with Gasteiger partial charge in [0.05, 0.1) is 0 Å². The van der Waals surface area contributed by atoms with E-state index < -0.39 is 0 Å². The van der Waals surface area contributed by atoms with Crippen molar-refractivity contribution in [3.63, 3.8) is 0 Å². The Morgan fingerprint density at radius 2 is 1.74 bits per heavy atom. The normalized spacial score (nSPS) is 12.4. The van der Waals surface area contributed by atoms with E-state index >= 15 is 0 Å². The molecule has 0 aromatic heterocycles. The summed E-state index contributed by atoms with van der Waals surface area (Å²) in [5.74, 6) is 0. The van der Waals surface area contributed by atoms with Crippen molar-refractivity contribution in [1.82, 2.24) is 0 Å². The van der Waals surface area contributed by atoms with Crippen LogP contribution in [0, 0.1) is 6.92 Å². The lowest BCUT2D eigenvalue weighted by molar-refractivity contribution is 0.112. The highest BCUT2D eigenvalue weighted by atomic mass is 16.1. The Morgan fingerprint density at radius 3 is 2.37 bits per heavy atom. The van der Waals surface area contributed by atoms with Gasteiger partial charge >= 0.3 is 0 Å². The van der Waals surface area contributed by atoms with Gasteiger partial charge in [0.1, 0.15) is 6.29 Å². The number of fused-ring (bicyclic) bond motifs is 1. The molecule has 0 atom stereocenters. The van der Waals surface area contributed by atoms with E-state index in [0.29, 0.717) is 0 Å². The largest absolute Gasteiger partial charge is 0.374 e. The predicted molar refractivity (Wildman–Crippen MR) is 80.0 cm³/mol. The molecule has 0 N–H and O–H groups in total. The fraction of sp³-hybridized carbons (Fsp3) is 0.235. The molecule has 2 aromatic carbocycles. The van der Waals surface area contributed by atoms with Crippen molar-refractivity contribution < 1.29 is 4.79 Å². The molecular formula is C17H19NO. The number of hydrogen-bond acceptors (Lipinski definition) is 2. The molecule has 0 aliphatic carbocycles. The van der Waals surface area contributed by atoms with E-state index in [1.54, 1.807) is 0 Å². The minimum atomic E-state index is 0.775. The second kappa shape index (κ2) is 6.19. The zero-order chi connectivity index (χ0) is 13.7. The number of benzene rings is 2. The van der Waals surface area contributed by atoms with E-state index in [0.717, 1.165) is 17.4 Å². The molecule has 0 saturated heterocycles. The summed E-state index contributed by atoms with van der Waals surface area (Å²) in [6.07, 6.45) is 2.09. The third-order valence-electron chi connectivity index (χ3n) is 3.43. The monoisotopic (exact) mass is 253 g/mol. The molecule has 0 radical (unpaired) electrons. The van der Waals surface area contributed by atoms with Crippen LogP contribution in [-0.4, -0.2) is 19.9 Å². The molecule has 0 fully saturated rings. The summed E-state index contributed by atoms with van der Waals surface area (Å²) in [5.41, 5.74) is 4.71. The van der Waals surface area contributed by atoms with Crippen LogP contribution in [0.5, 0.6) is 0 Å². The number of rotatable bonds is 1. The molecule has 98 valence electrons. The first-order chi connectivity index (χ1) is 9.22. The zero-order valence-corrected chi connectivity index (χ0v) is 11.5. The van der Waals surface area contributed by atoms with Crippen molar-refractivity contribution in [1.29, 1.82) is 0 Å². The van der Waals surface area contributed by atoms with Gasteiger partial charge in [0.15, 0.2) is 0 Å². The third kappa shape index (κ3) is 3.22. The van der Waals surface area contributed by atoms with Crippen LogP contribution >= 0.6 is 0 Å². The molecule has 0 amide bonds. The van der Waals surface area contributed by atoms with E-state index in [4.69, 9.17) is 0 Å². The van der Waals surface area contributed by atoms with Crippen LogP contribution in [0.25, 0.3) is 0 Å². The average Bonchev–Trinajstić information content (AvgIpc) is 2.82. The highest BCUT2D eigenvalue weighted by molar-refractivity contribution is 5.76. The standard InChI is InChI=1S/C9H11N.C8H8O/c1-10-7-6-8-4-2-3-5-9(8)10;1-7-4-2-3-5-8(7)6-9/h2-5H,6-7H2,1H3;2-6H,1H3. The quantitative estimate of drug-likeness (QED) is 0.725. The maximum atomic E-state index is 10.2. The van der Waals surface area contributed by atoms with Crippen LogP contribution in [-0.2, 0) is 6.42 Å². The number of likely N-dealkylation sites (N-methyl/N-ethyl adjacent to an activating group) is 1. The lowest BCUT2D eigenvalue weighted by Gasteiger charge is -2.10.